The van der Waals surface area contributed by atoms with Crippen molar-refractivity contribution in [2.45, 2.75) is 6.92 Å². The minimum Gasteiger partial charge on any atom is -0.264 e. The number of hydrogen-bond acceptors (Lipinski definition) is 1. The van der Waals surface area contributed by atoms with E-state index in [1.54, 1.807) is 6.07 Å². The van der Waals surface area contributed by atoms with E-state index in [1.165, 1.54) is 12.1 Å². The predicted molar refractivity (Wildman–Crippen MR) is 50.4 cm³/mol. The van der Waals surface area contributed by atoms with E-state index in [0.29, 0.717) is 11.3 Å². The van der Waals surface area contributed by atoms with Crippen molar-refractivity contribution in [3.8, 4) is 0 Å². The molecule has 0 bridgehead atoms. The van der Waals surface area contributed by atoms with Gasteiger partial charge in [-0.15, -0.1) is 0 Å². The maximum Gasteiger partial charge on any atom is 0.132 e. The van der Waals surface area contributed by atoms with E-state index in [-0.39, 0.29) is 5.82 Å². The number of halogens is 1. The minimum absolute atomic E-state index is 0.307. The lowest BCUT2D eigenvalue weighted by atomic mass is 10.1. The van der Waals surface area contributed by atoms with E-state index in [4.69, 9.17) is 0 Å². The molecule has 0 aliphatic carbocycles. The maximum atomic E-state index is 13.1. The Bertz CT molecular complexity index is 296. The molecule has 0 saturated carbocycles. The molecule has 0 aliphatic heterocycles. The second-order valence-corrected chi connectivity index (χ2v) is 2.49. The molecule has 0 unspecified atom stereocenters. The molecule has 0 aliphatic rings. The lowest BCUT2D eigenvalue weighted by Crippen LogP contribution is -1.85. The van der Waals surface area contributed by atoms with Crippen LogP contribution in [0, 0.1) is 12.7 Å². The summed E-state index contributed by atoms with van der Waals surface area (Å²) in [6, 6.07) is 3.08. The fourth-order valence-corrected chi connectivity index (χ4v) is 1.10. The van der Waals surface area contributed by atoms with Crippen LogP contribution in [0.15, 0.2) is 23.7 Å². The summed E-state index contributed by atoms with van der Waals surface area (Å²) in [7, 11) is 0. The molecule has 0 spiro atoms. The minimum atomic E-state index is -0.307. The zero-order valence-corrected chi connectivity index (χ0v) is 6.97. The highest BCUT2D eigenvalue weighted by Crippen LogP contribution is 2.26. The first kappa shape index (κ1) is 8.65. The van der Waals surface area contributed by atoms with Crippen molar-refractivity contribution in [3.63, 3.8) is 0 Å². The molecule has 0 N–H and O–H groups in total. The van der Waals surface area contributed by atoms with E-state index < -0.39 is 0 Å². The van der Waals surface area contributed by atoms with Crippen LogP contribution in [-0.2, 0) is 0 Å². The van der Waals surface area contributed by atoms with E-state index in [0.717, 1.165) is 5.56 Å². The van der Waals surface area contributed by atoms with Gasteiger partial charge in [-0.3, -0.25) is 4.99 Å². The van der Waals surface area contributed by atoms with Crippen molar-refractivity contribution in [2.75, 3.05) is 0 Å². The average Bonchev–Trinajstić information content (AvgIpc) is 2.08. The Kier molecular flexibility index (Phi) is 2.38. The van der Waals surface area contributed by atoms with E-state index in [9.17, 15) is 4.39 Å². The van der Waals surface area contributed by atoms with Crippen LogP contribution in [0.2, 0.25) is 0 Å². The summed E-state index contributed by atoms with van der Waals surface area (Å²) in [5.41, 5.74) is 1.90. The Morgan fingerprint density at radius 1 is 1.50 bits per heavy atom. The summed E-state index contributed by atoms with van der Waals surface area (Å²) >= 11 is 0. The highest BCUT2D eigenvalue weighted by molar-refractivity contribution is 5.68. The number of aryl methyl sites for hydroxylation is 1. The van der Waals surface area contributed by atoms with Gasteiger partial charge < -0.3 is 0 Å². The van der Waals surface area contributed by atoms with Crippen LogP contribution >= 0.6 is 0 Å². The largest absolute Gasteiger partial charge is 0.264 e. The zero-order valence-electron chi connectivity index (χ0n) is 6.97. The van der Waals surface area contributed by atoms with Gasteiger partial charge in [0.2, 0.25) is 0 Å². The molecule has 0 amide bonds. The third kappa shape index (κ3) is 1.28. The van der Waals surface area contributed by atoms with E-state index in [1.807, 2.05) is 6.92 Å². The Morgan fingerprint density at radius 2 is 2.17 bits per heavy atom. The molecule has 62 valence electrons. The van der Waals surface area contributed by atoms with Gasteiger partial charge in [0.15, 0.2) is 0 Å². The van der Waals surface area contributed by atoms with Crippen molar-refractivity contribution < 1.29 is 4.39 Å². The second-order valence-electron chi connectivity index (χ2n) is 2.49. The Morgan fingerprint density at radius 3 is 2.58 bits per heavy atom. The summed E-state index contributed by atoms with van der Waals surface area (Å²) in [5.74, 6) is -0.307. The molecule has 1 aromatic rings. The van der Waals surface area contributed by atoms with Crippen LogP contribution in [0.4, 0.5) is 10.1 Å². The van der Waals surface area contributed by atoms with Gasteiger partial charge >= 0.3 is 0 Å². The monoisotopic (exact) mass is 163 g/mol. The van der Waals surface area contributed by atoms with Gasteiger partial charge in [0, 0.05) is 5.56 Å². The van der Waals surface area contributed by atoms with Crippen LogP contribution in [0.3, 0.4) is 0 Å². The van der Waals surface area contributed by atoms with Crippen molar-refractivity contribution in [1.29, 1.82) is 0 Å². The highest BCUT2D eigenvalue weighted by atomic mass is 19.1. The number of nitrogens with zero attached hydrogens (tertiary/aromatic N) is 1. The summed E-state index contributed by atoms with van der Waals surface area (Å²) in [5, 5.41) is 0. The van der Waals surface area contributed by atoms with Crippen LogP contribution in [0.25, 0.3) is 6.08 Å². The van der Waals surface area contributed by atoms with Crippen molar-refractivity contribution in [3.05, 3.63) is 35.7 Å². The van der Waals surface area contributed by atoms with Gasteiger partial charge in [-0.2, -0.15) is 0 Å². The molecule has 0 aromatic heterocycles. The number of benzene rings is 1. The predicted octanol–water partition coefficient (Wildman–Crippen LogP) is 3.11. The third-order valence-electron chi connectivity index (χ3n) is 1.73. The quantitative estimate of drug-likeness (QED) is 0.594. The van der Waals surface area contributed by atoms with Crippen LogP contribution in [0.1, 0.15) is 11.1 Å². The highest BCUT2D eigenvalue weighted by Gasteiger charge is 2.05. The maximum absolute atomic E-state index is 13.1. The molecule has 2 heteroatoms. The first-order valence-electron chi connectivity index (χ1n) is 3.59. The molecular weight excluding hydrogens is 153 g/mol. The summed E-state index contributed by atoms with van der Waals surface area (Å²) in [6.45, 7) is 8.75. The van der Waals surface area contributed by atoms with Gasteiger partial charge in [0.05, 0.1) is 5.69 Å². The summed E-state index contributed by atoms with van der Waals surface area (Å²) < 4.78 is 13.1. The molecule has 0 fully saturated rings. The van der Waals surface area contributed by atoms with Gasteiger partial charge in [-0.25, -0.2) is 4.39 Å². The smallest absolute Gasteiger partial charge is 0.132 e. The zero-order chi connectivity index (χ0) is 9.14. The molecule has 0 radical (unpaired) electrons. The number of rotatable bonds is 2. The first-order valence-corrected chi connectivity index (χ1v) is 3.59. The molecule has 0 saturated heterocycles. The Labute approximate surface area is 71.3 Å². The van der Waals surface area contributed by atoms with Crippen LogP contribution < -0.4 is 0 Å². The standard InChI is InChI=1S/C10H10FN/c1-4-8-9(11)6-5-7(2)10(8)12-3/h4-6H,1,3H2,2H3. The first-order chi connectivity index (χ1) is 5.70. The summed E-state index contributed by atoms with van der Waals surface area (Å²) in [6.07, 6.45) is 1.45. The van der Waals surface area contributed by atoms with Crippen molar-refractivity contribution in [2.24, 2.45) is 4.99 Å². The Hall–Kier alpha value is -1.44. The number of aliphatic imine (C=N–C) groups is 1. The molecule has 0 heterocycles. The molecule has 1 rings (SSSR count). The average molecular weight is 163 g/mol. The van der Waals surface area contributed by atoms with E-state index in [2.05, 4.69) is 18.3 Å². The molecule has 1 nitrogen and oxygen atoms in total. The molecular formula is C10H10FN. The van der Waals surface area contributed by atoms with Crippen molar-refractivity contribution in [1.82, 2.24) is 0 Å². The SMILES string of the molecule is C=Cc1c(F)ccc(C)c1N=C. The van der Waals surface area contributed by atoms with E-state index >= 15 is 0 Å². The van der Waals surface area contributed by atoms with Gasteiger partial charge in [0.1, 0.15) is 5.82 Å². The number of hydrogen-bond donors (Lipinski definition) is 0. The van der Waals surface area contributed by atoms with Gasteiger partial charge in [0.25, 0.3) is 0 Å². The lowest BCUT2D eigenvalue weighted by molar-refractivity contribution is 0.625. The van der Waals surface area contributed by atoms with Crippen LogP contribution in [-0.4, -0.2) is 6.72 Å². The molecule has 0 atom stereocenters. The Balaban J connectivity index is 3.48. The molecule has 1 aromatic carbocycles. The van der Waals surface area contributed by atoms with Gasteiger partial charge in [-0.1, -0.05) is 18.7 Å². The van der Waals surface area contributed by atoms with Crippen LogP contribution in [0.5, 0.6) is 0 Å². The fourth-order valence-electron chi connectivity index (χ4n) is 1.10. The molecule has 12 heavy (non-hydrogen) atoms. The third-order valence-corrected chi connectivity index (χ3v) is 1.73. The topological polar surface area (TPSA) is 12.4 Å². The lowest BCUT2D eigenvalue weighted by Gasteiger charge is -2.04. The van der Waals surface area contributed by atoms with Crippen molar-refractivity contribution >= 4 is 18.5 Å². The second kappa shape index (κ2) is 3.30. The summed E-state index contributed by atoms with van der Waals surface area (Å²) in [4.78, 5) is 3.74. The fraction of sp³-hybridized carbons (Fsp3) is 0.100. The van der Waals surface area contributed by atoms with Gasteiger partial charge in [-0.05, 0) is 25.3 Å². The normalized spacial score (nSPS) is 9.50.